The summed E-state index contributed by atoms with van der Waals surface area (Å²) in [5, 5.41) is -0.368. The van der Waals surface area contributed by atoms with Crippen LogP contribution < -0.4 is 15.6 Å². The fourth-order valence-electron chi connectivity index (χ4n) is 5.18. The van der Waals surface area contributed by atoms with Gasteiger partial charge in [-0.1, -0.05) is 0 Å². The summed E-state index contributed by atoms with van der Waals surface area (Å²) >= 11 is 1.60. The number of hydrogen-bond acceptors (Lipinski definition) is 7. The van der Waals surface area contributed by atoms with E-state index in [0.29, 0.717) is 19.3 Å². The predicted molar refractivity (Wildman–Crippen MR) is 110 cm³/mol. The number of ketones is 1. The fraction of sp³-hybridized carbons (Fsp3) is 0.895. The van der Waals surface area contributed by atoms with Gasteiger partial charge in [0.1, 0.15) is 17.2 Å². The van der Waals surface area contributed by atoms with Crippen LogP contribution in [0.1, 0.15) is 58.8 Å². The van der Waals surface area contributed by atoms with Crippen molar-refractivity contribution >= 4 is 33.5 Å². The number of nitrogens with one attached hydrogen (secondary N) is 3. The molecule has 0 aromatic heterocycles. The highest BCUT2D eigenvalue weighted by Gasteiger charge is 2.58. The molecule has 0 radical (unpaired) electrons. The summed E-state index contributed by atoms with van der Waals surface area (Å²) in [4.78, 5) is 28.1. The zero-order chi connectivity index (χ0) is 20.6. The van der Waals surface area contributed by atoms with Gasteiger partial charge in [-0.2, -0.15) is 0 Å². The van der Waals surface area contributed by atoms with E-state index in [4.69, 9.17) is 0 Å². The number of amides is 1. The predicted octanol–water partition coefficient (Wildman–Crippen LogP) is 0.904. The Hall–Kier alpha value is -0.680. The molecule has 6 atom stereocenters. The molecular weight excluding hydrogens is 412 g/mol. The number of hydrazine groups is 1. The lowest BCUT2D eigenvalue weighted by molar-refractivity contribution is -0.139. The molecule has 5 aliphatic rings. The van der Waals surface area contributed by atoms with Crippen LogP contribution in [0.2, 0.25) is 0 Å². The second-order valence-corrected chi connectivity index (χ2v) is 13.1. The first-order valence-electron chi connectivity index (χ1n) is 10.7. The van der Waals surface area contributed by atoms with Gasteiger partial charge in [-0.3, -0.25) is 9.59 Å². The van der Waals surface area contributed by atoms with Gasteiger partial charge in [-0.15, -0.1) is 11.8 Å². The molecule has 29 heavy (non-hydrogen) atoms. The summed E-state index contributed by atoms with van der Waals surface area (Å²) in [7, 11) is -3.45. The van der Waals surface area contributed by atoms with Gasteiger partial charge >= 0.3 is 0 Å². The molecule has 2 heterocycles. The average Bonchev–Trinajstić information content (AvgIpc) is 3.56. The second kappa shape index (κ2) is 6.91. The van der Waals surface area contributed by atoms with Gasteiger partial charge in [0.2, 0.25) is 15.9 Å². The first-order chi connectivity index (χ1) is 13.7. The highest BCUT2D eigenvalue weighted by molar-refractivity contribution is 8.00. The molecule has 1 amide bonds. The summed E-state index contributed by atoms with van der Waals surface area (Å²) in [6.45, 7) is 3.95. The van der Waals surface area contributed by atoms with E-state index >= 15 is 0 Å². The number of carbonyl (C=O) groups is 2. The van der Waals surface area contributed by atoms with Crippen molar-refractivity contribution in [1.29, 1.82) is 0 Å². The standard InChI is InChI=1S/C19H30N4O4S2/c1-10-20-21-18(28-10)23-14-9-12(29(26,27)22-19(2)7-8-19)5-6-13(14)15(17(23)25)16(24)11-3-4-11/h10-15,18,20-22H,3-9H2,1-2H3. The Labute approximate surface area is 176 Å². The van der Waals surface area contributed by atoms with E-state index in [1.165, 1.54) is 0 Å². The molecule has 0 aromatic rings. The largest absolute Gasteiger partial charge is 0.313 e. The Morgan fingerprint density at radius 3 is 2.52 bits per heavy atom. The Morgan fingerprint density at radius 2 is 1.93 bits per heavy atom. The molecule has 3 aliphatic carbocycles. The molecule has 2 aliphatic heterocycles. The highest BCUT2D eigenvalue weighted by Crippen LogP contribution is 2.48. The minimum atomic E-state index is -3.45. The zero-order valence-corrected chi connectivity index (χ0v) is 18.5. The smallest absolute Gasteiger partial charge is 0.235 e. The van der Waals surface area contributed by atoms with Crippen LogP contribution in [0.3, 0.4) is 0 Å². The molecule has 162 valence electrons. The number of hydrogen-bond donors (Lipinski definition) is 3. The maximum atomic E-state index is 13.4. The van der Waals surface area contributed by atoms with Crippen molar-refractivity contribution in [2.24, 2.45) is 17.8 Å². The van der Waals surface area contributed by atoms with Crippen LogP contribution >= 0.6 is 11.8 Å². The molecule has 5 fully saturated rings. The van der Waals surface area contributed by atoms with Crippen molar-refractivity contribution in [3.8, 4) is 0 Å². The van der Waals surface area contributed by atoms with Gasteiger partial charge < -0.3 is 4.90 Å². The van der Waals surface area contributed by atoms with E-state index < -0.39 is 21.2 Å². The zero-order valence-electron chi connectivity index (χ0n) is 16.9. The normalized spacial score (nSPS) is 41.4. The lowest BCUT2D eigenvalue weighted by Crippen LogP contribution is -2.52. The number of thioether (sulfide) groups is 1. The third-order valence-electron chi connectivity index (χ3n) is 7.24. The average molecular weight is 443 g/mol. The Kier molecular flexibility index (Phi) is 4.82. The molecule has 6 unspecified atom stereocenters. The molecule has 3 N–H and O–H groups in total. The monoisotopic (exact) mass is 442 g/mol. The van der Waals surface area contributed by atoms with Gasteiger partial charge in [0, 0.05) is 17.5 Å². The van der Waals surface area contributed by atoms with Crippen molar-refractivity contribution in [2.45, 2.75) is 86.5 Å². The van der Waals surface area contributed by atoms with Crippen molar-refractivity contribution in [3.05, 3.63) is 0 Å². The van der Waals surface area contributed by atoms with Gasteiger partial charge in [-0.05, 0) is 64.7 Å². The number of nitrogens with zero attached hydrogens (tertiary/aromatic N) is 1. The van der Waals surface area contributed by atoms with Crippen molar-refractivity contribution < 1.29 is 18.0 Å². The van der Waals surface area contributed by atoms with Crippen LogP contribution in [0.5, 0.6) is 0 Å². The van der Waals surface area contributed by atoms with Crippen LogP contribution in [0.15, 0.2) is 0 Å². The van der Waals surface area contributed by atoms with E-state index in [1.807, 2.05) is 13.8 Å². The van der Waals surface area contributed by atoms with Crippen LogP contribution in [0, 0.1) is 17.8 Å². The number of Topliss-reactive ketones (excluding diaryl/α,β-unsaturated/α-hetero) is 1. The molecule has 5 rings (SSSR count). The minimum absolute atomic E-state index is 0.0312. The van der Waals surface area contributed by atoms with E-state index in [2.05, 4.69) is 15.6 Å². The lowest BCUT2D eigenvalue weighted by Gasteiger charge is -2.38. The Morgan fingerprint density at radius 1 is 1.21 bits per heavy atom. The third kappa shape index (κ3) is 3.64. The van der Waals surface area contributed by atoms with E-state index in [9.17, 15) is 18.0 Å². The fourth-order valence-corrected chi connectivity index (χ4v) is 8.18. The first kappa shape index (κ1) is 20.2. The maximum absolute atomic E-state index is 13.4. The minimum Gasteiger partial charge on any atom is -0.313 e. The molecule has 8 nitrogen and oxygen atoms in total. The maximum Gasteiger partial charge on any atom is 0.235 e. The Balaban J connectivity index is 1.40. The van der Waals surface area contributed by atoms with Crippen LogP contribution in [0.4, 0.5) is 0 Å². The van der Waals surface area contributed by atoms with E-state index in [0.717, 1.165) is 25.7 Å². The summed E-state index contributed by atoms with van der Waals surface area (Å²) in [6, 6.07) is -0.213. The molecule has 2 saturated heterocycles. The summed E-state index contributed by atoms with van der Waals surface area (Å²) < 4.78 is 28.9. The summed E-state index contributed by atoms with van der Waals surface area (Å²) in [6.07, 6.45) is 5.05. The van der Waals surface area contributed by atoms with Crippen LogP contribution in [0.25, 0.3) is 0 Å². The van der Waals surface area contributed by atoms with E-state index in [-0.39, 0.29) is 46.0 Å². The number of likely N-dealkylation sites (tertiary alicyclic amines) is 1. The number of rotatable bonds is 6. The van der Waals surface area contributed by atoms with Gasteiger partial charge in [-0.25, -0.2) is 24.0 Å². The van der Waals surface area contributed by atoms with Crippen molar-refractivity contribution in [2.75, 3.05) is 0 Å². The molecule has 0 bridgehead atoms. The SMILES string of the molecule is CC1NNC(N2C(=O)C(C(=O)C3CC3)C3CCC(S(=O)(=O)NC4(C)CC4)CC32)S1. The van der Waals surface area contributed by atoms with Crippen LogP contribution in [-0.4, -0.2) is 52.7 Å². The summed E-state index contributed by atoms with van der Waals surface area (Å²) in [5.41, 5.74) is 5.72. The van der Waals surface area contributed by atoms with Gasteiger partial charge in [0.15, 0.2) is 0 Å². The molecule has 0 spiro atoms. The topological polar surface area (TPSA) is 108 Å². The number of sulfonamides is 1. The molecule has 0 aromatic carbocycles. The molecule has 10 heteroatoms. The van der Waals surface area contributed by atoms with Crippen LogP contribution in [-0.2, 0) is 19.6 Å². The lowest BCUT2D eigenvalue weighted by atomic mass is 9.77. The van der Waals surface area contributed by atoms with Gasteiger partial charge in [0.05, 0.1) is 10.6 Å². The summed E-state index contributed by atoms with van der Waals surface area (Å²) in [5.74, 6) is -0.664. The second-order valence-electron chi connectivity index (χ2n) is 9.69. The first-order valence-corrected chi connectivity index (χ1v) is 13.2. The third-order valence-corrected chi connectivity index (χ3v) is 10.4. The molecule has 3 saturated carbocycles. The highest BCUT2D eigenvalue weighted by atomic mass is 32.2. The van der Waals surface area contributed by atoms with Crippen molar-refractivity contribution in [3.63, 3.8) is 0 Å². The van der Waals surface area contributed by atoms with Crippen molar-refractivity contribution in [1.82, 2.24) is 20.5 Å². The van der Waals surface area contributed by atoms with E-state index in [1.54, 1.807) is 16.7 Å². The van der Waals surface area contributed by atoms with Gasteiger partial charge in [0.25, 0.3) is 0 Å². The number of fused-ring (bicyclic) bond motifs is 1. The Bertz CT molecular complexity index is 826. The number of carbonyl (C=O) groups excluding carboxylic acids is 2. The molecular formula is C19H30N4O4S2. The quantitative estimate of drug-likeness (QED) is 0.525.